The van der Waals surface area contributed by atoms with Gasteiger partial charge in [0.05, 0.1) is 0 Å². The number of rotatable bonds is 4. The zero-order chi connectivity index (χ0) is 9.73. The van der Waals surface area contributed by atoms with Crippen LogP contribution < -0.4 is 5.84 Å². The molecule has 0 atom stereocenters. The van der Waals surface area contributed by atoms with Crippen molar-refractivity contribution in [2.45, 2.75) is 64.3 Å². The predicted molar refractivity (Wildman–Crippen MR) is 57.3 cm³/mol. The first-order valence-electron chi connectivity index (χ1n) is 5.77. The smallest absolute Gasteiger partial charge is 0.0351 e. The van der Waals surface area contributed by atoms with Gasteiger partial charge in [0.15, 0.2) is 0 Å². The fourth-order valence-electron chi connectivity index (χ4n) is 2.71. The summed E-state index contributed by atoms with van der Waals surface area (Å²) in [6.07, 6.45) is 9.03. The molecule has 1 aliphatic rings. The summed E-state index contributed by atoms with van der Waals surface area (Å²) in [4.78, 5) is 0. The normalized spacial score (nSPS) is 23.3. The van der Waals surface area contributed by atoms with Crippen LogP contribution in [0.3, 0.4) is 0 Å². The average Bonchev–Trinajstić information content (AvgIpc) is 2.11. The molecule has 1 rings (SSSR count). The predicted octanol–water partition coefficient (Wildman–Crippen LogP) is 2.69. The summed E-state index contributed by atoms with van der Waals surface area (Å²) in [5.41, 5.74) is 0.349. The van der Waals surface area contributed by atoms with E-state index in [9.17, 15) is 0 Å². The van der Waals surface area contributed by atoms with Gasteiger partial charge in [-0.25, -0.2) is 5.01 Å². The third kappa shape index (κ3) is 2.44. The largest absolute Gasteiger partial charge is 0.268 e. The van der Waals surface area contributed by atoms with Gasteiger partial charge in [0.2, 0.25) is 0 Å². The maximum Gasteiger partial charge on any atom is 0.0351 e. The van der Waals surface area contributed by atoms with Gasteiger partial charge in [0, 0.05) is 12.1 Å². The minimum Gasteiger partial charge on any atom is -0.268 e. The van der Waals surface area contributed by atoms with Crippen LogP contribution in [-0.2, 0) is 0 Å². The highest BCUT2D eigenvalue weighted by molar-refractivity contribution is 4.90. The zero-order valence-corrected chi connectivity index (χ0v) is 9.18. The van der Waals surface area contributed by atoms with Crippen molar-refractivity contribution in [2.24, 2.45) is 5.84 Å². The Bertz CT molecular complexity index is 134. The Morgan fingerprint density at radius 3 is 2.23 bits per heavy atom. The maximum absolute atomic E-state index is 6.12. The number of nitrogens with zero attached hydrogens (tertiary/aromatic N) is 1. The monoisotopic (exact) mass is 184 g/mol. The van der Waals surface area contributed by atoms with Crippen LogP contribution in [0.4, 0.5) is 0 Å². The second-order valence-electron chi connectivity index (χ2n) is 4.37. The summed E-state index contributed by atoms with van der Waals surface area (Å²) in [5.74, 6) is 6.12. The van der Waals surface area contributed by atoms with Gasteiger partial charge in [-0.1, -0.05) is 33.1 Å². The average molecular weight is 184 g/mol. The molecular weight excluding hydrogens is 160 g/mol. The molecule has 0 aliphatic carbocycles. The highest BCUT2D eigenvalue weighted by Gasteiger charge is 2.35. The topological polar surface area (TPSA) is 29.3 Å². The zero-order valence-electron chi connectivity index (χ0n) is 9.18. The molecule has 2 N–H and O–H groups in total. The van der Waals surface area contributed by atoms with Crippen molar-refractivity contribution < 1.29 is 0 Å². The quantitative estimate of drug-likeness (QED) is 0.681. The minimum absolute atomic E-state index is 0.349. The maximum atomic E-state index is 6.12. The molecule has 0 aromatic carbocycles. The van der Waals surface area contributed by atoms with Crippen LogP contribution in [0.15, 0.2) is 0 Å². The Morgan fingerprint density at radius 2 is 1.77 bits per heavy atom. The Hall–Kier alpha value is -0.0800. The van der Waals surface area contributed by atoms with Crippen LogP contribution in [0.5, 0.6) is 0 Å². The van der Waals surface area contributed by atoms with E-state index in [-0.39, 0.29) is 0 Å². The molecule has 0 saturated carbocycles. The van der Waals surface area contributed by atoms with Crippen LogP contribution in [0.25, 0.3) is 0 Å². The third-order valence-corrected chi connectivity index (χ3v) is 3.33. The summed E-state index contributed by atoms with van der Waals surface area (Å²) in [7, 11) is 0. The number of nitrogens with two attached hydrogens (primary N) is 1. The molecule has 1 heterocycles. The third-order valence-electron chi connectivity index (χ3n) is 3.33. The molecule has 0 aromatic rings. The van der Waals surface area contributed by atoms with E-state index >= 15 is 0 Å². The summed E-state index contributed by atoms with van der Waals surface area (Å²) < 4.78 is 0. The Balaban J connectivity index is 2.61. The molecule has 13 heavy (non-hydrogen) atoms. The fourth-order valence-corrected chi connectivity index (χ4v) is 2.71. The number of hydrogen-bond donors (Lipinski definition) is 1. The SMILES string of the molecule is CCCC1(CCC)CCCCN1N. The van der Waals surface area contributed by atoms with Crippen LogP contribution in [0.1, 0.15) is 58.8 Å². The van der Waals surface area contributed by atoms with E-state index in [4.69, 9.17) is 5.84 Å². The van der Waals surface area contributed by atoms with Crippen LogP contribution in [0.2, 0.25) is 0 Å². The molecule has 0 radical (unpaired) electrons. The number of piperidine rings is 1. The van der Waals surface area contributed by atoms with Crippen molar-refractivity contribution in [3.05, 3.63) is 0 Å². The van der Waals surface area contributed by atoms with Crippen molar-refractivity contribution >= 4 is 0 Å². The molecule has 0 aromatic heterocycles. The number of hydrogen-bond acceptors (Lipinski definition) is 2. The van der Waals surface area contributed by atoms with Gasteiger partial charge in [0.25, 0.3) is 0 Å². The van der Waals surface area contributed by atoms with Crippen LogP contribution in [0, 0.1) is 0 Å². The molecule has 0 bridgehead atoms. The highest BCUT2D eigenvalue weighted by atomic mass is 15.4. The molecule has 1 aliphatic heterocycles. The number of hydrazine groups is 1. The molecule has 0 unspecified atom stereocenters. The summed E-state index contributed by atoms with van der Waals surface area (Å²) in [5, 5.41) is 2.13. The first-order chi connectivity index (χ1) is 6.25. The van der Waals surface area contributed by atoms with E-state index in [0.29, 0.717) is 5.54 Å². The van der Waals surface area contributed by atoms with Crippen LogP contribution in [-0.4, -0.2) is 17.1 Å². The second kappa shape index (κ2) is 4.97. The standard InChI is InChI=1S/C11H24N2/c1-3-7-11(8-4-2)9-5-6-10-13(11)12/h3-10,12H2,1-2H3. The lowest BCUT2D eigenvalue weighted by Crippen LogP contribution is -2.55. The van der Waals surface area contributed by atoms with Gasteiger partial charge < -0.3 is 0 Å². The molecule has 1 fully saturated rings. The van der Waals surface area contributed by atoms with Crippen molar-refractivity contribution in [3.8, 4) is 0 Å². The van der Waals surface area contributed by atoms with Crippen LogP contribution >= 0.6 is 0 Å². The molecule has 2 heteroatoms. The van der Waals surface area contributed by atoms with Gasteiger partial charge in [0.1, 0.15) is 0 Å². The molecule has 0 amide bonds. The summed E-state index contributed by atoms with van der Waals surface area (Å²) >= 11 is 0. The van der Waals surface area contributed by atoms with E-state index in [1.165, 1.54) is 44.9 Å². The molecule has 2 nitrogen and oxygen atoms in total. The molecular formula is C11H24N2. The van der Waals surface area contributed by atoms with Gasteiger partial charge >= 0.3 is 0 Å². The summed E-state index contributed by atoms with van der Waals surface area (Å²) in [6, 6.07) is 0. The molecule has 0 spiro atoms. The minimum atomic E-state index is 0.349. The van der Waals surface area contributed by atoms with Crippen molar-refractivity contribution in [2.75, 3.05) is 6.54 Å². The van der Waals surface area contributed by atoms with Crippen molar-refractivity contribution in [1.82, 2.24) is 5.01 Å². The lowest BCUT2D eigenvalue weighted by molar-refractivity contribution is 0.0292. The Morgan fingerprint density at radius 1 is 1.15 bits per heavy atom. The first kappa shape index (κ1) is 11.0. The van der Waals surface area contributed by atoms with Crippen molar-refractivity contribution in [3.63, 3.8) is 0 Å². The van der Waals surface area contributed by atoms with E-state index in [0.717, 1.165) is 6.54 Å². The van der Waals surface area contributed by atoms with E-state index in [2.05, 4.69) is 18.9 Å². The molecule has 78 valence electrons. The second-order valence-corrected chi connectivity index (χ2v) is 4.37. The van der Waals surface area contributed by atoms with Gasteiger partial charge in [-0.2, -0.15) is 0 Å². The first-order valence-corrected chi connectivity index (χ1v) is 5.77. The fraction of sp³-hybridized carbons (Fsp3) is 1.00. The van der Waals surface area contributed by atoms with E-state index in [1.54, 1.807) is 0 Å². The van der Waals surface area contributed by atoms with Gasteiger partial charge in [-0.3, -0.25) is 5.84 Å². The molecule has 1 saturated heterocycles. The van der Waals surface area contributed by atoms with Gasteiger partial charge in [-0.05, 0) is 25.7 Å². The van der Waals surface area contributed by atoms with E-state index < -0.39 is 0 Å². The lowest BCUT2D eigenvalue weighted by atomic mass is 9.80. The van der Waals surface area contributed by atoms with E-state index in [1.807, 2.05) is 0 Å². The van der Waals surface area contributed by atoms with Crippen molar-refractivity contribution in [1.29, 1.82) is 0 Å². The van der Waals surface area contributed by atoms with Gasteiger partial charge in [-0.15, -0.1) is 0 Å². The summed E-state index contributed by atoms with van der Waals surface area (Å²) in [6.45, 7) is 5.62. The Kier molecular flexibility index (Phi) is 4.20. The lowest BCUT2D eigenvalue weighted by Gasteiger charge is -2.45. The Labute approximate surface area is 82.5 Å². The highest BCUT2D eigenvalue weighted by Crippen LogP contribution is 2.33.